The van der Waals surface area contributed by atoms with E-state index >= 15 is 0 Å². The van der Waals surface area contributed by atoms with Gasteiger partial charge in [-0.2, -0.15) is 0 Å². The summed E-state index contributed by atoms with van der Waals surface area (Å²) in [6.45, 7) is 10.8. The Morgan fingerprint density at radius 2 is 2.11 bits per heavy atom. The Hall–Kier alpha value is -1.16. The Morgan fingerprint density at radius 1 is 1.37 bits per heavy atom. The lowest BCUT2D eigenvalue weighted by Crippen LogP contribution is -2.23. The topological polar surface area (TPSA) is 49.2 Å². The number of hydrogen-bond acceptors (Lipinski definition) is 4. The van der Waals surface area contributed by atoms with Crippen molar-refractivity contribution >= 4 is 5.69 Å². The maximum Gasteiger partial charge on any atom is 0.131 e. The molecule has 1 aliphatic heterocycles. The summed E-state index contributed by atoms with van der Waals surface area (Å²) < 4.78 is 0. The number of aliphatic hydroxyl groups excluding tert-OH is 1. The van der Waals surface area contributed by atoms with Crippen LogP contribution in [-0.4, -0.2) is 28.2 Å². The lowest BCUT2D eigenvalue weighted by atomic mass is 9.95. The Balaban J connectivity index is 2.21. The minimum atomic E-state index is -0.0135. The summed E-state index contributed by atoms with van der Waals surface area (Å²) in [6.07, 6.45) is 3.10. The van der Waals surface area contributed by atoms with Gasteiger partial charge in [0.25, 0.3) is 0 Å². The van der Waals surface area contributed by atoms with Gasteiger partial charge in [-0.1, -0.05) is 27.7 Å². The zero-order valence-electron chi connectivity index (χ0n) is 12.4. The van der Waals surface area contributed by atoms with Crippen molar-refractivity contribution in [1.82, 2.24) is 9.97 Å². The van der Waals surface area contributed by atoms with E-state index in [1.165, 1.54) is 6.42 Å². The van der Waals surface area contributed by atoms with Gasteiger partial charge in [0, 0.05) is 19.0 Å². The molecule has 1 atom stereocenters. The van der Waals surface area contributed by atoms with Crippen molar-refractivity contribution in [2.24, 2.45) is 11.8 Å². The van der Waals surface area contributed by atoms with E-state index in [1.807, 2.05) is 6.20 Å². The lowest BCUT2D eigenvalue weighted by molar-refractivity contribution is 0.276. The van der Waals surface area contributed by atoms with Gasteiger partial charge in [-0.05, 0) is 18.3 Å². The van der Waals surface area contributed by atoms with Crippen molar-refractivity contribution in [3.05, 3.63) is 17.7 Å². The number of hydrogen-bond donors (Lipinski definition) is 1. The summed E-state index contributed by atoms with van der Waals surface area (Å²) in [4.78, 5) is 11.3. The maximum absolute atomic E-state index is 9.54. The summed E-state index contributed by atoms with van der Waals surface area (Å²) in [6, 6.07) is 0. The summed E-state index contributed by atoms with van der Waals surface area (Å²) >= 11 is 0. The first kappa shape index (κ1) is 14.3. The molecule has 0 saturated carbocycles. The molecule has 0 spiro atoms. The van der Waals surface area contributed by atoms with Crippen LogP contribution < -0.4 is 4.90 Å². The van der Waals surface area contributed by atoms with Crippen molar-refractivity contribution in [2.75, 3.05) is 18.0 Å². The highest BCUT2D eigenvalue weighted by atomic mass is 16.3. The highest BCUT2D eigenvalue weighted by molar-refractivity contribution is 5.50. The summed E-state index contributed by atoms with van der Waals surface area (Å²) in [7, 11) is 0. The third-order valence-electron chi connectivity index (χ3n) is 4.04. The molecular formula is C15H25N3O. The van der Waals surface area contributed by atoms with Gasteiger partial charge in [0.15, 0.2) is 0 Å². The van der Waals surface area contributed by atoms with Crippen LogP contribution in [0.5, 0.6) is 0 Å². The van der Waals surface area contributed by atoms with Crippen molar-refractivity contribution in [1.29, 1.82) is 0 Å². The van der Waals surface area contributed by atoms with Gasteiger partial charge >= 0.3 is 0 Å². The van der Waals surface area contributed by atoms with E-state index < -0.39 is 0 Å². The number of nitrogens with zero attached hydrogens (tertiary/aromatic N) is 3. The van der Waals surface area contributed by atoms with Crippen molar-refractivity contribution in [3.63, 3.8) is 0 Å². The second kappa shape index (κ2) is 5.87. The Kier molecular flexibility index (Phi) is 4.40. The number of rotatable bonds is 4. The van der Waals surface area contributed by atoms with Crippen LogP contribution in [0.3, 0.4) is 0 Å². The maximum atomic E-state index is 9.54. The molecule has 0 amide bonds. The standard InChI is InChI=1S/C15H25N3O/c1-10(2)12-5-6-18(8-12)14-7-16-15(11(3)4)17-13(14)9-19/h7,10-12,19H,5-6,8-9H2,1-4H3. The second-order valence-corrected chi connectivity index (χ2v) is 6.11. The van der Waals surface area contributed by atoms with Gasteiger partial charge in [-0.3, -0.25) is 0 Å². The predicted octanol–water partition coefficient (Wildman–Crippen LogP) is 2.57. The molecule has 0 radical (unpaired) electrons. The molecule has 1 N–H and O–H groups in total. The minimum absolute atomic E-state index is 0.0135. The van der Waals surface area contributed by atoms with E-state index in [-0.39, 0.29) is 6.61 Å². The first-order valence-corrected chi connectivity index (χ1v) is 7.24. The van der Waals surface area contributed by atoms with Crippen LogP contribution >= 0.6 is 0 Å². The van der Waals surface area contributed by atoms with Crippen molar-refractivity contribution in [2.45, 2.75) is 46.6 Å². The van der Waals surface area contributed by atoms with E-state index in [1.54, 1.807) is 0 Å². The van der Waals surface area contributed by atoms with E-state index in [9.17, 15) is 5.11 Å². The average molecular weight is 263 g/mol. The Morgan fingerprint density at radius 3 is 2.63 bits per heavy atom. The molecule has 1 unspecified atom stereocenters. The Bertz CT molecular complexity index is 431. The van der Waals surface area contributed by atoms with E-state index in [2.05, 4.69) is 42.6 Å². The molecule has 4 heteroatoms. The molecule has 1 aromatic rings. The van der Waals surface area contributed by atoms with Crippen LogP contribution in [0.25, 0.3) is 0 Å². The molecule has 0 aliphatic carbocycles. The monoisotopic (exact) mass is 263 g/mol. The van der Waals surface area contributed by atoms with Crippen LogP contribution in [0, 0.1) is 11.8 Å². The summed E-state index contributed by atoms with van der Waals surface area (Å²) in [5.41, 5.74) is 1.78. The second-order valence-electron chi connectivity index (χ2n) is 6.11. The zero-order chi connectivity index (χ0) is 14.0. The van der Waals surface area contributed by atoms with Crippen LogP contribution in [0.1, 0.15) is 51.6 Å². The van der Waals surface area contributed by atoms with E-state index in [0.29, 0.717) is 11.8 Å². The lowest BCUT2D eigenvalue weighted by Gasteiger charge is -2.22. The molecule has 0 aromatic carbocycles. The number of aliphatic hydroxyl groups is 1. The van der Waals surface area contributed by atoms with E-state index in [0.717, 1.165) is 36.2 Å². The van der Waals surface area contributed by atoms with Crippen LogP contribution in [-0.2, 0) is 6.61 Å². The van der Waals surface area contributed by atoms with E-state index in [4.69, 9.17) is 0 Å². The molecule has 1 fully saturated rings. The van der Waals surface area contributed by atoms with Crippen LogP contribution in [0.2, 0.25) is 0 Å². The summed E-state index contributed by atoms with van der Waals surface area (Å²) in [5.74, 6) is 2.54. The smallest absolute Gasteiger partial charge is 0.131 e. The van der Waals surface area contributed by atoms with Crippen LogP contribution in [0.15, 0.2) is 6.20 Å². The predicted molar refractivity (Wildman–Crippen MR) is 77.2 cm³/mol. The third kappa shape index (κ3) is 3.06. The Labute approximate surface area is 115 Å². The summed E-state index contributed by atoms with van der Waals surface area (Å²) in [5, 5.41) is 9.54. The van der Waals surface area contributed by atoms with Gasteiger partial charge < -0.3 is 10.0 Å². The molecule has 1 aliphatic rings. The van der Waals surface area contributed by atoms with Crippen molar-refractivity contribution in [3.8, 4) is 0 Å². The molecule has 1 saturated heterocycles. The molecule has 106 valence electrons. The van der Waals surface area contributed by atoms with Gasteiger partial charge in [0.05, 0.1) is 24.2 Å². The molecule has 1 aromatic heterocycles. The van der Waals surface area contributed by atoms with Gasteiger partial charge in [-0.25, -0.2) is 9.97 Å². The SMILES string of the molecule is CC(C)c1ncc(N2CCC(C(C)C)C2)c(CO)n1. The normalized spacial score (nSPS) is 19.7. The van der Waals surface area contributed by atoms with Gasteiger partial charge in [0.2, 0.25) is 0 Å². The quantitative estimate of drug-likeness (QED) is 0.907. The molecule has 2 rings (SSSR count). The van der Waals surface area contributed by atoms with Crippen molar-refractivity contribution < 1.29 is 5.11 Å². The number of anilines is 1. The molecule has 4 nitrogen and oxygen atoms in total. The first-order valence-electron chi connectivity index (χ1n) is 7.24. The van der Waals surface area contributed by atoms with Crippen LogP contribution in [0.4, 0.5) is 5.69 Å². The molecule has 19 heavy (non-hydrogen) atoms. The van der Waals surface area contributed by atoms with Gasteiger partial charge in [-0.15, -0.1) is 0 Å². The fraction of sp³-hybridized carbons (Fsp3) is 0.733. The highest BCUT2D eigenvalue weighted by Crippen LogP contribution is 2.30. The zero-order valence-corrected chi connectivity index (χ0v) is 12.4. The molecule has 2 heterocycles. The average Bonchev–Trinajstić information content (AvgIpc) is 2.87. The highest BCUT2D eigenvalue weighted by Gasteiger charge is 2.27. The number of aromatic nitrogens is 2. The fourth-order valence-electron chi connectivity index (χ4n) is 2.64. The fourth-order valence-corrected chi connectivity index (χ4v) is 2.64. The first-order chi connectivity index (χ1) is 9.02. The minimum Gasteiger partial charge on any atom is -0.390 e. The third-order valence-corrected chi connectivity index (χ3v) is 4.04. The largest absolute Gasteiger partial charge is 0.390 e. The molecular weight excluding hydrogens is 238 g/mol. The molecule has 0 bridgehead atoms. The van der Waals surface area contributed by atoms with Gasteiger partial charge in [0.1, 0.15) is 5.82 Å².